The highest BCUT2D eigenvalue weighted by molar-refractivity contribution is 7.89. The van der Waals surface area contributed by atoms with E-state index < -0.39 is 87.2 Å². The minimum absolute atomic E-state index is 0.00188. The van der Waals surface area contributed by atoms with Crippen LogP contribution in [0.5, 0.6) is 0 Å². The lowest BCUT2D eigenvalue weighted by molar-refractivity contribution is -0.141. The molecule has 38 heteroatoms. The second-order valence-electron chi connectivity index (χ2n) is 21.7. The number of hydrogen-bond acceptors (Lipinski definition) is 28. The molecule has 2 rings (SSSR count). The number of ether oxygens (including phenoxy) is 12. The van der Waals surface area contributed by atoms with Crippen LogP contribution in [0.4, 0.5) is 5.69 Å². The molecule has 12 N–H and O–H groups in total. The van der Waals surface area contributed by atoms with Crippen molar-refractivity contribution in [2.75, 3.05) is 215 Å². The van der Waals surface area contributed by atoms with Crippen molar-refractivity contribution in [3.63, 3.8) is 0 Å². The molecule has 0 bridgehead atoms. The predicted octanol–water partition coefficient (Wildman–Crippen LogP) is -2.80. The van der Waals surface area contributed by atoms with Gasteiger partial charge in [0, 0.05) is 63.0 Å². The number of nitrogens with zero attached hydrogens (tertiary/aromatic N) is 2. The summed E-state index contributed by atoms with van der Waals surface area (Å²) in [4.78, 5) is 102. The Morgan fingerprint density at radius 3 is 1.25 bits per heavy atom. The number of benzene rings is 2. The van der Waals surface area contributed by atoms with Crippen molar-refractivity contribution in [2.45, 2.75) is 66.9 Å². The van der Waals surface area contributed by atoms with Gasteiger partial charge in [0.15, 0.2) is 5.78 Å². The molecule has 0 fully saturated rings. The minimum atomic E-state index is -3.97. The van der Waals surface area contributed by atoms with Crippen LogP contribution in [0, 0.1) is 0 Å². The summed E-state index contributed by atoms with van der Waals surface area (Å²) in [7, 11) is -7.92. The van der Waals surface area contributed by atoms with Crippen LogP contribution in [0.15, 0.2) is 58.3 Å². The fourth-order valence-corrected chi connectivity index (χ4v) is 9.33. The zero-order valence-corrected chi connectivity index (χ0v) is 58.6. The Bertz CT molecular complexity index is 2860. The Morgan fingerprint density at radius 2 is 0.859 bits per heavy atom. The van der Waals surface area contributed by atoms with Gasteiger partial charge in [0.2, 0.25) is 43.7 Å². The van der Waals surface area contributed by atoms with Crippen LogP contribution in [-0.2, 0) is 122 Å². The number of primary sulfonamides is 2. The van der Waals surface area contributed by atoms with Gasteiger partial charge in [-0.2, -0.15) is 12.6 Å². The molecule has 2 aromatic rings. The third-order valence-corrected chi connectivity index (χ3v) is 15.6. The molecule has 0 radical (unpaired) electrons. The van der Waals surface area contributed by atoms with E-state index in [1.54, 1.807) is 11.8 Å². The number of anilines is 1. The van der Waals surface area contributed by atoms with Crippen LogP contribution in [0.2, 0.25) is 0 Å². The highest BCUT2D eigenvalue weighted by Crippen LogP contribution is 2.14. The van der Waals surface area contributed by atoms with Crippen molar-refractivity contribution in [1.82, 2.24) is 25.8 Å². The van der Waals surface area contributed by atoms with E-state index in [1.165, 1.54) is 53.4 Å². The highest BCUT2D eigenvalue weighted by atomic mass is 32.2. The van der Waals surface area contributed by atoms with Crippen LogP contribution >= 0.6 is 12.6 Å². The molecule has 3 atom stereocenters. The zero-order valence-electron chi connectivity index (χ0n) is 56.1. The molecule has 35 nitrogen and oxygen atoms in total. The smallest absolute Gasteiger partial charge is 0.317 e. The molecule has 0 aliphatic carbocycles. The number of nitrogens with two attached hydrogens (primary N) is 3. The second kappa shape index (κ2) is 54.9. The highest BCUT2D eigenvalue weighted by Gasteiger charge is 2.27. The van der Waals surface area contributed by atoms with Gasteiger partial charge in [0.25, 0.3) is 0 Å². The third-order valence-electron chi connectivity index (χ3n) is 13.2. The monoisotopic (exact) mass is 1470 g/mol. The summed E-state index contributed by atoms with van der Waals surface area (Å²) in [6, 6.07) is 7.60. The van der Waals surface area contributed by atoms with Gasteiger partial charge < -0.3 is 94.1 Å². The predicted molar refractivity (Wildman–Crippen MR) is 359 cm³/mol. The standard InChI is InChI=1S/C61H101N9O26S3/c1-47(46-97)66-61(80)55(40-58(75)76)68-60(79)54(62)41-65-56(73)12-16-86-18-20-88-22-24-90-26-28-92-30-32-94-34-36-96-38-37-95-35-33-93-31-29-91-27-25-89-23-21-87-19-17-85-15-2-3-50(71)42-69(43-51(72)39-48-4-8-52(9-5-48)98(63,81)82)13-14-70(45-59(77)78)44-57(74)67-49-6-10-53(11-7-49)99(64,83)84/h4-11,47,54-55,97H,2-3,12-46,62H2,1H3,(H,65,73)(H,66,80)(H,67,74)(H,68,79)(H,75,76)(H,77,78)(H2,63,81,82)(H2,64,83,84)/t47-,54+,55+/m1/s1. The summed E-state index contributed by atoms with van der Waals surface area (Å²) >= 11 is 4.06. The van der Waals surface area contributed by atoms with Gasteiger partial charge >= 0.3 is 11.9 Å². The minimum Gasteiger partial charge on any atom is -0.481 e. The third kappa shape index (κ3) is 48.6. The summed E-state index contributed by atoms with van der Waals surface area (Å²) in [5, 5.41) is 39.0. The zero-order chi connectivity index (χ0) is 72.9. The number of Topliss-reactive ketones (excluding diaryl/α,β-unsaturated/α-hetero) is 2. The first kappa shape index (κ1) is 89.3. The number of amides is 4. The lowest BCUT2D eigenvalue weighted by atomic mass is 10.1. The molecule has 564 valence electrons. The maximum Gasteiger partial charge on any atom is 0.317 e. The van der Waals surface area contributed by atoms with Gasteiger partial charge in [-0.3, -0.25) is 48.2 Å². The molecule has 99 heavy (non-hydrogen) atoms. The average molecular weight is 1470 g/mol. The van der Waals surface area contributed by atoms with Gasteiger partial charge in [-0.05, 0) is 55.3 Å². The summed E-state index contributed by atoms with van der Waals surface area (Å²) in [5.74, 6) is -5.25. The topological polar surface area (TPSA) is 489 Å². The summed E-state index contributed by atoms with van der Waals surface area (Å²) < 4.78 is 113. The van der Waals surface area contributed by atoms with Crippen molar-refractivity contribution in [2.24, 2.45) is 16.0 Å². The van der Waals surface area contributed by atoms with Gasteiger partial charge in [-0.15, -0.1) is 0 Å². The van der Waals surface area contributed by atoms with E-state index >= 15 is 0 Å². The number of sulfonamides is 2. The molecular weight excluding hydrogens is 1370 g/mol. The first-order valence-electron chi connectivity index (χ1n) is 32.0. The maximum absolute atomic E-state index is 13.3. The van der Waals surface area contributed by atoms with Gasteiger partial charge in [0.05, 0.1) is 194 Å². The molecule has 0 aliphatic heterocycles. The number of aliphatic carboxylic acids is 2. The van der Waals surface area contributed by atoms with Gasteiger partial charge in [0.1, 0.15) is 17.9 Å². The first-order chi connectivity index (χ1) is 47.4. The van der Waals surface area contributed by atoms with E-state index in [-0.39, 0.29) is 118 Å². The van der Waals surface area contributed by atoms with Crippen molar-refractivity contribution in [3.05, 3.63) is 54.1 Å². The fraction of sp³-hybridized carbons (Fsp3) is 0.672. The van der Waals surface area contributed by atoms with E-state index in [0.717, 1.165) is 0 Å². The van der Waals surface area contributed by atoms with Gasteiger partial charge in [-0.25, -0.2) is 27.1 Å². The molecule has 0 saturated heterocycles. The lowest BCUT2D eigenvalue weighted by Gasteiger charge is -2.26. The number of nitrogens with one attached hydrogen (secondary N) is 4. The largest absolute Gasteiger partial charge is 0.481 e. The van der Waals surface area contributed by atoms with Crippen molar-refractivity contribution in [1.29, 1.82) is 0 Å². The van der Waals surface area contributed by atoms with Crippen LogP contribution in [0.1, 0.15) is 38.2 Å². The van der Waals surface area contributed by atoms with Crippen LogP contribution in [-0.4, -0.2) is 312 Å². The summed E-state index contributed by atoms with van der Waals surface area (Å²) in [6.45, 7) is 8.41. The number of carbonyl (C=O) groups is 8. The van der Waals surface area contributed by atoms with Gasteiger partial charge in [-0.1, -0.05) is 12.1 Å². The molecule has 0 heterocycles. The van der Waals surface area contributed by atoms with E-state index in [0.29, 0.717) is 143 Å². The molecule has 4 amide bonds. The molecule has 0 spiro atoms. The Balaban J connectivity index is 1.40. The summed E-state index contributed by atoms with van der Waals surface area (Å²) in [6.07, 6.45) is -0.266. The molecule has 0 aliphatic rings. The van der Waals surface area contributed by atoms with E-state index in [1.807, 2.05) is 0 Å². The van der Waals surface area contributed by atoms with Crippen molar-refractivity contribution >= 4 is 85.5 Å². The van der Waals surface area contributed by atoms with Crippen LogP contribution in [0.3, 0.4) is 0 Å². The van der Waals surface area contributed by atoms with Crippen LogP contribution in [0.25, 0.3) is 0 Å². The quantitative estimate of drug-likeness (QED) is 0.0236. The molecule has 2 aromatic carbocycles. The SMILES string of the molecule is C[C@H](CS)NC(=O)[C@H](CC(=O)O)NC(=O)[C@@H](N)CNC(=O)CCOCCOCCOCCOCCOCCOCCOCCOCCOCCOCCOCCOCCCC(=O)CN(CCN(CC(=O)O)CC(=O)Nc1ccc(S(N)(=O)=O)cc1)CC(=O)Cc1ccc(S(N)(=O)=O)cc1. The van der Waals surface area contributed by atoms with Crippen LogP contribution < -0.4 is 37.3 Å². The Morgan fingerprint density at radius 1 is 0.475 bits per heavy atom. The maximum atomic E-state index is 13.3. The second-order valence-corrected chi connectivity index (χ2v) is 25.2. The Labute approximate surface area is 583 Å². The number of carboxylic acids is 2. The summed E-state index contributed by atoms with van der Waals surface area (Å²) in [5.41, 5.74) is 6.56. The number of carbonyl (C=O) groups excluding carboxylic acids is 6. The lowest BCUT2D eigenvalue weighted by Crippen LogP contribution is -2.55. The van der Waals surface area contributed by atoms with E-state index in [9.17, 15) is 60.3 Å². The number of hydrogen-bond donors (Lipinski definition) is 10. The van der Waals surface area contributed by atoms with E-state index in [4.69, 9.17) is 78.0 Å². The van der Waals surface area contributed by atoms with E-state index in [2.05, 4.69) is 33.9 Å². The Kier molecular flexibility index (Phi) is 49.5. The molecule has 0 unspecified atom stereocenters. The van der Waals surface area contributed by atoms with Crippen molar-refractivity contribution in [3.8, 4) is 0 Å². The normalized spacial score (nSPS) is 12.7. The number of rotatable bonds is 65. The fourth-order valence-electron chi connectivity index (χ4n) is 8.21. The molecule has 0 saturated carbocycles. The average Bonchev–Trinajstić information content (AvgIpc) is 0.897. The number of ketones is 2. The Hall–Kier alpha value is -5.83. The molecule has 0 aromatic heterocycles. The number of carboxylic acid groups (broad SMARTS) is 2. The first-order valence-corrected chi connectivity index (χ1v) is 35.7. The molecular formula is C61H101N9O26S3. The number of thiol groups is 1. The van der Waals surface area contributed by atoms with Crippen molar-refractivity contribution < 1.29 is 122 Å².